The Bertz CT molecular complexity index is 737. The number of aromatic amines is 1. The predicted molar refractivity (Wildman–Crippen MR) is 78.2 cm³/mol. The van der Waals surface area contributed by atoms with Crippen LogP contribution in [0.4, 0.5) is 5.69 Å². The van der Waals surface area contributed by atoms with Crippen LogP contribution in [0.15, 0.2) is 29.7 Å². The van der Waals surface area contributed by atoms with Crippen molar-refractivity contribution < 1.29 is 8.42 Å². The maximum Gasteiger partial charge on any atom is 0.279 e. The third kappa shape index (κ3) is 3.40. The van der Waals surface area contributed by atoms with E-state index in [-0.39, 0.29) is 5.03 Å². The molecule has 1 saturated carbocycles. The predicted octanol–water partition coefficient (Wildman–Crippen LogP) is 1.17. The van der Waals surface area contributed by atoms with Gasteiger partial charge in [0.1, 0.15) is 0 Å². The first-order valence-corrected chi connectivity index (χ1v) is 8.23. The molecule has 1 aliphatic rings. The van der Waals surface area contributed by atoms with Crippen molar-refractivity contribution in [3.05, 3.63) is 35.8 Å². The number of hydrogen-bond donors (Lipinski definition) is 3. The molecule has 21 heavy (non-hydrogen) atoms. The van der Waals surface area contributed by atoms with Crippen LogP contribution in [0.5, 0.6) is 0 Å². The van der Waals surface area contributed by atoms with Crippen molar-refractivity contribution in [2.45, 2.75) is 37.4 Å². The van der Waals surface area contributed by atoms with E-state index in [4.69, 9.17) is 0 Å². The third-order valence-corrected chi connectivity index (χ3v) is 4.63. The Labute approximate surface area is 123 Å². The van der Waals surface area contributed by atoms with Gasteiger partial charge in [0.15, 0.2) is 5.03 Å². The lowest BCUT2D eigenvalue weighted by atomic mass is 10.3. The molecule has 0 unspecified atom stereocenters. The molecule has 112 valence electrons. The van der Waals surface area contributed by atoms with Gasteiger partial charge in [-0.3, -0.25) is 14.8 Å². The molecule has 3 N–H and O–H groups in total. The number of rotatable bonds is 6. The number of H-pyrrole nitrogens is 1. The quantitative estimate of drug-likeness (QED) is 0.744. The summed E-state index contributed by atoms with van der Waals surface area (Å²) >= 11 is 0. The van der Waals surface area contributed by atoms with E-state index in [9.17, 15) is 8.42 Å². The normalized spacial score (nSPS) is 15.1. The fourth-order valence-corrected chi connectivity index (χ4v) is 3.18. The van der Waals surface area contributed by atoms with Crippen LogP contribution in [-0.4, -0.2) is 29.6 Å². The van der Waals surface area contributed by atoms with E-state index in [1.54, 1.807) is 18.5 Å². The summed E-state index contributed by atoms with van der Waals surface area (Å²) in [6.07, 6.45) is 6.97. The topological polar surface area (TPSA) is 99.8 Å². The lowest BCUT2D eigenvalue weighted by molar-refractivity contribution is 0.593. The second kappa shape index (κ2) is 5.45. The van der Waals surface area contributed by atoms with E-state index in [1.165, 1.54) is 6.20 Å². The highest BCUT2D eigenvalue weighted by Gasteiger charge is 2.24. The second-order valence-corrected chi connectivity index (χ2v) is 6.86. The van der Waals surface area contributed by atoms with Crippen molar-refractivity contribution in [1.29, 1.82) is 0 Å². The lowest BCUT2D eigenvalue weighted by Crippen LogP contribution is -2.20. The molecule has 0 spiro atoms. The Kier molecular flexibility index (Phi) is 3.64. The molecule has 2 aromatic heterocycles. The van der Waals surface area contributed by atoms with Crippen LogP contribution in [0.25, 0.3) is 0 Å². The van der Waals surface area contributed by atoms with Gasteiger partial charge in [0.2, 0.25) is 0 Å². The average molecular weight is 307 g/mol. The van der Waals surface area contributed by atoms with Crippen LogP contribution < -0.4 is 10.0 Å². The van der Waals surface area contributed by atoms with E-state index in [2.05, 4.69) is 25.2 Å². The molecule has 0 bridgehead atoms. The standard InChI is InChI=1S/C13H17N5O2S/c1-9-4-12(8-14-5-9)18-21(19,20)13-10(7-16-17-13)6-15-11-2-3-11/h4-5,7-8,11,15,18H,2-3,6H2,1H3,(H,16,17). The van der Waals surface area contributed by atoms with E-state index in [1.807, 2.05) is 6.92 Å². The van der Waals surface area contributed by atoms with Crippen molar-refractivity contribution in [1.82, 2.24) is 20.5 Å². The summed E-state index contributed by atoms with van der Waals surface area (Å²) in [6, 6.07) is 2.23. The first-order chi connectivity index (χ1) is 10.0. The molecule has 0 aliphatic heterocycles. The Morgan fingerprint density at radius 3 is 2.86 bits per heavy atom. The molecule has 0 radical (unpaired) electrons. The molecule has 8 heteroatoms. The molecule has 0 atom stereocenters. The van der Waals surface area contributed by atoms with Crippen LogP contribution in [-0.2, 0) is 16.6 Å². The summed E-state index contributed by atoms with van der Waals surface area (Å²) in [7, 11) is -3.69. The van der Waals surface area contributed by atoms with Gasteiger partial charge < -0.3 is 5.32 Å². The molecular weight excluding hydrogens is 290 g/mol. The van der Waals surface area contributed by atoms with E-state index in [0.717, 1.165) is 18.4 Å². The third-order valence-electron chi connectivity index (χ3n) is 3.23. The number of sulfonamides is 1. The Hall–Kier alpha value is -1.93. The van der Waals surface area contributed by atoms with Gasteiger partial charge in [0.05, 0.1) is 18.1 Å². The number of pyridine rings is 1. The highest BCUT2D eigenvalue weighted by Crippen LogP contribution is 2.21. The van der Waals surface area contributed by atoms with Crippen LogP contribution in [0.1, 0.15) is 24.0 Å². The SMILES string of the molecule is Cc1cncc(NS(=O)(=O)c2[nH]ncc2CNC2CC2)c1. The first kappa shape index (κ1) is 14.0. The Morgan fingerprint density at radius 2 is 2.14 bits per heavy atom. The molecule has 0 saturated heterocycles. The lowest BCUT2D eigenvalue weighted by Gasteiger charge is -2.09. The summed E-state index contributed by atoms with van der Waals surface area (Å²) < 4.78 is 27.4. The zero-order valence-corrected chi connectivity index (χ0v) is 12.4. The van der Waals surface area contributed by atoms with Crippen molar-refractivity contribution in [2.24, 2.45) is 0 Å². The summed E-state index contributed by atoms with van der Waals surface area (Å²) in [5, 5.41) is 9.78. The molecule has 2 heterocycles. The zero-order valence-electron chi connectivity index (χ0n) is 11.6. The van der Waals surface area contributed by atoms with Crippen molar-refractivity contribution in [3.8, 4) is 0 Å². The van der Waals surface area contributed by atoms with Crippen LogP contribution in [0.3, 0.4) is 0 Å². The van der Waals surface area contributed by atoms with Gasteiger partial charge in [-0.25, -0.2) is 0 Å². The summed E-state index contributed by atoms with van der Waals surface area (Å²) in [5.74, 6) is 0. The van der Waals surface area contributed by atoms with E-state index >= 15 is 0 Å². The van der Waals surface area contributed by atoms with Gasteiger partial charge in [0.25, 0.3) is 10.0 Å². The van der Waals surface area contributed by atoms with Crippen molar-refractivity contribution in [3.63, 3.8) is 0 Å². The highest BCUT2D eigenvalue weighted by atomic mass is 32.2. The smallest absolute Gasteiger partial charge is 0.279 e. The van der Waals surface area contributed by atoms with Crippen LogP contribution >= 0.6 is 0 Å². The summed E-state index contributed by atoms with van der Waals surface area (Å²) in [6.45, 7) is 2.34. The van der Waals surface area contributed by atoms with Crippen molar-refractivity contribution >= 4 is 15.7 Å². The molecule has 0 amide bonds. The maximum atomic E-state index is 12.4. The van der Waals surface area contributed by atoms with Gasteiger partial charge >= 0.3 is 0 Å². The fraction of sp³-hybridized carbons (Fsp3) is 0.385. The van der Waals surface area contributed by atoms with Crippen LogP contribution in [0.2, 0.25) is 0 Å². The molecule has 7 nitrogen and oxygen atoms in total. The number of aromatic nitrogens is 3. The summed E-state index contributed by atoms with van der Waals surface area (Å²) in [5.41, 5.74) is 1.95. The van der Waals surface area contributed by atoms with Crippen molar-refractivity contribution in [2.75, 3.05) is 4.72 Å². The first-order valence-electron chi connectivity index (χ1n) is 6.75. The maximum absolute atomic E-state index is 12.4. The number of hydrogen-bond acceptors (Lipinski definition) is 5. The monoisotopic (exact) mass is 307 g/mol. The largest absolute Gasteiger partial charge is 0.310 e. The minimum Gasteiger partial charge on any atom is -0.310 e. The fourth-order valence-electron chi connectivity index (χ4n) is 2.02. The minimum absolute atomic E-state index is 0.0946. The number of nitrogens with zero attached hydrogens (tertiary/aromatic N) is 2. The van der Waals surface area contributed by atoms with Gasteiger partial charge in [-0.05, 0) is 31.4 Å². The van der Waals surface area contributed by atoms with Gasteiger partial charge in [0, 0.05) is 24.3 Å². The number of nitrogens with one attached hydrogen (secondary N) is 3. The molecule has 3 rings (SSSR count). The van der Waals surface area contributed by atoms with Crippen LogP contribution in [0, 0.1) is 6.92 Å². The highest BCUT2D eigenvalue weighted by molar-refractivity contribution is 7.92. The molecule has 1 aliphatic carbocycles. The van der Waals surface area contributed by atoms with Gasteiger partial charge in [-0.2, -0.15) is 13.5 Å². The summed E-state index contributed by atoms with van der Waals surface area (Å²) in [4.78, 5) is 3.97. The molecule has 1 fully saturated rings. The van der Waals surface area contributed by atoms with Gasteiger partial charge in [-0.1, -0.05) is 0 Å². The minimum atomic E-state index is -3.69. The van der Waals surface area contributed by atoms with E-state index < -0.39 is 10.0 Å². The second-order valence-electron chi connectivity index (χ2n) is 5.24. The Balaban J connectivity index is 1.79. The zero-order chi connectivity index (χ0) is 14.9. The van der Waals surface area contributed by atoms with Gasteiger partial charge in [-0.15, -0.1) is 0 Å². The molecule has 0 aromatic carbocycles. The average Bonchev–Trinajstić information content (AvgIpc) is 3.12. The Morgan fingerprint density at radius 1 is 1.33 bits per heavy atom. The number of aryl methyl sites for hydroxylation is 1. The van der Waals surface area contributed by atoms with E-state index in [0.29, 0.717) is 23.8 Å². The molecule has 2 aromatic rings. The number of anilines is 1. The molecular formula is C13H17N5O2S.